The van der Waals surface area contributed by atoms with Crippen molar-refractivity contribution in [1.82, 2.24) is 20.4 Å². The summed E-state index contributed by atoms with van der Waals surface area (Å²) in [5.41, 5.74) is 0.812. The molecule has 10 nitrogen and oxygen atoms in total. The van der Waals surface area contributed by atoms with Crippen molar-refractivity contribution in [2.75, 3.05) is 46.5 Å². The van der Waals surface area contributed by atoms with Crippen molar-refractivity contribution in [1.29, 1.82) is 0 Å². The molecule has 228 valence electrons. The fraction of sp³-hybridized carbons (Fsp3) is 0.500. The maximum Gasteiger partial charge on any atom is 0.245 e. The van der Waals surface area contributed by atoms with Crippen molar-refractivity contribution in [3.05, 3.63) is 72.4 Å². The van der Waals surface area contributed by atoms with Crippen molar-refractivity contribution < 1.29 is 28.7 Å². The summed E-state index contributed by atoms with van der Waals surface area (Å²) in [5, 5.41) is 5.57. The molecule has 0 saturated carbocycles. The number of allylic oxidation sites excluding steroid dienone is 4. The minimum absolute atomic E-state index is 0.160. The van der Waals surface area contributed by atoms with Crippen LogP contribution in [0, 0.1) is 0 Å². The molecule has 0 spiro atoms. The Morgan fingerprint density at radius 1 is 1.12 bits per heavy atom. The molecular weight excluding hydrogens is 536 g/mol. The maximum absolute atomic E-state index is 14.0. The molecular formula is C32H44N4O6. The standard InChI is InChI=1S/C32H44N4O6/c1-6-7-9-12-23(2)19-26(34-30(39)24(3)33-28(37)21-36-15-17-41-18-16-36)31(40)35(5)27(29(38)32(4)22-42-32)20-25-13-10-8-11-14-25/h6-14,24,26-27H,1,15-22H2,2-5H3,(H,33,37)(H,34,39)/b9-7-,23-12+. The second-order valence-corrected chi connectivity index (χ2v) is 11.1. The van der Waals surface area contributed by atoms with Gasteiger partial charge in [0.15, 0.2) is 5.78 Å². The lowest BCUT2D eigenvalue weighted by Crippen LogP contribution is -2.57. The SMILES string of the molecule is C=C/C=C\C=C(/C)CC(NC(=O)C(C)NC(=O)CN1CCOCC1)C(=O)N(C)C(Cc1ccccc1)C(=O)C1(C)CO1. The molecule has 2 heterocycles. The van der Waals surface area contributed by atoms with Crippen LogP contribution >= 0.6 is 0 Å². The van der Waals surface area contributed by atoms with E-state index in [4.69, 9.17) is 9.47 Å². The number of epoxide rings is 1. The molecule has 10 heteroatoms. The lowest BCUT2D eigenvalue weighted by molar-refractivity contribution is -0.142. The Labute approximate surface area is 248 Å². The van der Waals surface area contributed by atoms with Gasteiger partial charge in [-0.3, -0.25) is 24.1 Å². The van der Waals surface area contributed by atoms with Crippen molar-refractivity contribution in [2.24, 2.45) is 0 Å². The van der Waals surface area contributed by atoms with E-state index in [1.54, 1.807) is 39.1 Å². The Kier molecular flexibility index (Phi) is 12.2. The minimum Gasteiger partial charge on any atom is -0.379 e. The van der Waals surface area contributed by atoms with Gasteiger partial charge in [0.25, 0.3) is 0 Å². The largest absolute Gasteiger partial charge is 0.379 e. The normalized spacial score (nSPS) is 21.2. The summed E-state index contributed by atoms with van der Waals surface area (Å²) in [6.45, 7) is 11.7. The summed E-state index contributed by atoms with van der Waals surface area (Å²) < 4.78 is 10.8. The highest BCUT2D eigenvalue weighted by Crippen LogP contribution is 2.30. The third-order valence-electron chi connectivity index (χ3n) is 7.50. The molecule has 4 atom stereocenters. The Bertz CT molecular complexity index is 1170. The number of nitrogens with zero attached hydrogens (tertiary/aromatic N) is 2. The molecule has 2 N–H and O–H groups in total. The van der Waals surface area contributed by atoms with E-state index in [0.717, 1.165) is 11.1 Å². The number of rotatable bonds is 15. The summed E-state index contributed by atoms with van der Waals surface area (Å²) in [6, 6.07) is 6.86. The van der Waals surface area contributed by atoms with Crippen LogP contribution in [-0.4, -0.2) is 104 Å². The van der Waals surface area contributed by atoms with Crippen molar-refractivity contribution >= 4 is 23.5 Å². The zero-order valence-corrected chi connectivity index (χ0v) is 25.1. The van der Waals surface area contributed by atoms with E-state index in [-0.39, 0.29) is 24.7 Å². The van der Waals surface area contributed by atoms with E-state index in [1.807, 2.05) is 48.2 Å². The van der Waals surface area contributed by atoms with Gasteiger partial charge in [-0.15, -0.1) is 0 Å². The first kappa shape index (κ1) is 32.9. The molecule has 3 amide bonds. The van der Waals surface area contributed by atoms with Gasteiger partial charge < -0.3 is 25.0 Å². The number of likely N-dealkylation sites (N-methyl/N-ethyl adjacent to an activating group) is 1. The topological polar surface area (TPSA) is 121 Å². The van der Waals surface area contributed by atoms with Crippen LogP contribution in [0.5, 0.6) is 0 Å². The number of amides is 3. The number of hydrogen-bond donors (Lipinski definition) is 2. The number of ketones is 1. The molecule has 2 saturated heterocycles. The minimum atomic E-state index is -0.964. The summed E-state index contributed by atoms with van der Waals surface area (Å²) in [4.78, 5) is 56.7. The number of carbonyl (C=O) groups is 4. The highest BCUT2D eigenvalue weighted by molar-refractivity contribution is 5.98. The van der Waals surface area contributed by atoms with Crippen molar-refractivity contribution in [3.63, 3.8) is 0 Å². The molecule has 42 heavy (non-hydrogen) atoms. The third kappa shape index (κ3) is 9.75. The first-order valence-corrected chi connectivity index (χ1v) is 14.4. The fourth-order valence-corrected chi connectivity index (χ4v) is 4.75. The van der Waals surface area contributed by atoms with Gasteiger partial charge in [-0.2, -0.15) is 0 Å². The Morgan fingerprint density at radius 3 is 2.40 bits per heavy atom. The number of morpholine rings is 1. The number of nitrogens with one attached hydrogen (secondary N) is 2. The predicted molar refractivity (Wildman–Crippen MR) is 161 cm³/mol. The maximum atomic E-state index is 14.0. The molecule has 2 aliphatic rings. The second kappa shape index (κ2) is 15.6. The molecule has 4 unspecified atom stereocenters. The van der Waals surface area contributed by atoms with Crippen LogP contribution in [0.15, 0.2) is 66.8 Å². The van der Waals surface area contributed by atoms with E-state index in [2.05, 4.69) is 17.2 Å². The highest BCUT2D eigenvalue weighted by Gasteiger charge is 2.51. The van der Waals surface area contributed by atoms with Gasteiger partial charge in [0.1, 0.15) is 17.7 Å². The number of carbonyl (C=O) groups excluding carboxylic acids is 4. The molecule has 1 aromatic rings. The predicted octanol–water partition coefficient (Wildman–Crippen LogP) is 1.81. The Balaban J connectivity index is 1.76. The first-order chi connectivity index (χ1) is 20.0. The van der Waals surface area contributed by atoms with Crippen LogP contribution in [0.4, 0.5) is 0 Å². The van der Waals surface area contributed by atoms with E-state index >= 15 is 0 Å². The number of benzene rings is 1. The molecule has 1 aromatic carbocycles. The monoisotopic (exact) mass is 580 g/mol. The first-order valence-electron chi connectivity index (χ1n) is 14.4. The van der Waals surface area contributed by atoms with Crippen LogP contribution in [0.3, 0.4) is 0 Å². The molecule has 3 rings (SSSR count). The average Bonchev–Trinajstić information content (AvgIpc) is 3.73. The zero-order chi connectivity index (χ0) is 30.7. The van der Waals surface area contributed by atoms with Crippen molar-refractivity contribution in [3.8, 4) is 0 Å². The molecule has 0 aliphatic carbocycles. The summed E-state index contributed by atoms with van der Waals surface area (Å²) in [6.07, 6.45) is 7.58. The van der Waals surface area contributed by atoms with Gasteiger partial charge in [-0.25, -0.2) is 0 Å². The smallest absolute Gasteiger partial charge is 0.245 e. The quantitative estimate of drug-likeness (QED) is 0.240. The van der Waals surface area contributed by atoms with E-state index in [0.29, 0.717) is 39.3 Å². The third-order valence-corrected chi connectivity index (χ3v) is 7.50. The van der Waals surface area contributed by atoms with Gasteiger partial charge in [0.05, 0.1) is 32.4 Å². The fourth-order valence-electron chi connectivity index (χ4n) is 4.75. The van der Waals surface area contributed by atoms with Gasteiger partial charge in [-0.05, 0) is 32.8 Å². The molecule has 2 aliphatic heterocycles. The van der Waals surface area contributed by atoms with E-state index in [9.17, 15) is 19.2 Å². The van der Waals surface area contributed by atoms with Crippen LogP contribution in [-0.2, 0) is 35.1 Å². The van der Waals surface area contributed by atoms with Gasteiger partial charge in [-0.1, -0.05) is 66.8 Å². The Hall–Kier alpha value is -3.60. The lowest BCUT2D eigenvalue weighted by atomic mass is 9.93. The van der Waals surface area contributed by atoms with Crippen LogP contribution in [0.25, 0.3) is 0 Å². The number of Topliss-reactive ketones (excluding diaryl/α,β-unsaturated/α-hetero) is 1. The zero-order valence-electron chi connectivity index (χ0n) is 25.1. The van der Waals surface area contributed by atoms with Crippen LogP contribution in [0.2, 0.25) is 0 Å². The molecule has 0 bridgehead atoms. The van der Waals surface area contributed by atoms with E-state index < -0.39 is 35.5 Å². The molecule has 0 aromatic heterocycles. The highest BCUT2D eigenvalue weighted by atomic mass is 16.6. The van der Waals surface area contributed by atoms with Crippen LogP contribution in [0.1, 0.15) is 32.8 Å². The summed E-state index contributed by atoms with van der Waals surface area (Å²) in [7, 11) is 1.59. The number of hydrogen-bond acceptors (Lipinski definition) is 7. The summed E-state index contributed by atoms with van der Waals surface area (Å²) in [5.74, 6) is -1.36. The van der Waals surface area contributed by atoms with Gasteiger partial charge >= 0.3 is 0 Å². The number of ether oxygens (including phenoxy) is 2. The lowest BCUT2D eigenvalue weighted by Gasteiger charge is -2.32. The second-order valence-electron chi connectivity index (χ2n) is 11.1. The molecule has 2 fully saturated rings. The Morgan fingerprint density at radius 2 is 1.79 bits per heavy atom. The summed E-state index contributed by atoms with van der Waals surface area (Å²) >= 11 is 0. The van der Waals surface area contributed by atoms with Crippen molar-refractivity contribution in [2.45, 2.75) is 57.3 Å². The van der Waals surface area contributed by atoms with Crippen LogP contribution < -0.4 is 10.6 Å². The average molecular weight is 581 g/mol. The van der Waals surface area contributed by atoms with Gasteiger partial charge in [0, 0.05) is 26.6 Å². The van der Waals surface area contributed by atoms with E-state index in [1.165, 1.54) is 4.90 Å². The van der Waals surface area contributed by atoms with Gasteiger partial charge in [0.2, 0.25) is 17.7 Å². The molecule has 0 radical (unpaired) electrons.